The summed E-state index contributed by atoms with van der Waals surface area (Å²) >= 11 is 3.31. The van der Waals surface area contributed by atoms with E-state index in [4.69, 9.17) is 0 Å². The summed E-state index contributed by atoms with van der Waals surface area (Å²) in [6, 6.07) is 8.31. The van der Waals surface area contributed by atoms with Crippen molar-refractivity contribution in [3.8, 4) is 0 Å². The van der Waals surface area contributed by atoms with Gasteiger partial charge in [-0.3, -0.25) is 0 Å². The average Bonchev–Trinajstić information content (AvgIpc) is 2.97. The number of benzene rings is 1. The van der Waals surface area contributed by atoms with Crippen molar-refractivity contribution in [1.29, 1.82) is 0 Å². The van der Waals surface area contributed by atoms with Crippen molar-refractivity contribution in [3.63, 3.8) is 0 Å². The minimum Gasteiger partial charge on any atom is -0.386 e. The highest BCUT2D eigenvalue weighted by molar-refractivity contribution is 7.17. The van der Waals surface area contributed by atoms with E-state index in [0.29, 0.717) is 6.42 Å². The molecule has 1 unspecified atom stereocenters. The molecule has 3 aromatic rings. The van der Waals surface area contributed by atoms with Gasteiger partial charge in [0.25, 0.3) is 0 Å². The molecule has 0 aliphatic carbocycles. The Balaban J connectivity index is 1.88. The maximum absolute atomic E-state index is 10.2. The van der Waals surface area contributed by atoms with Gasteiger partial charge in [-0.15, -0.1) is 22.7 Å². The number of hydrogen-bond donors (Lipinski definition) is 1. The van der Waals surface area contributed by atoms with E-state index in [1.807, 2.05) is 24.4 Å². The van der Waals surface area contributed by atoms with Crippen molar-refractivity contribution in [2.45, 2.75) is 19.4 Å². The van der Waals surface area contributed by atoms with Crippen molar-refractivity contribution in [1.82, 2.24) is 4.98 Å². The number of hydrogen-bond acceptors (Lipinski definition) is 4. The van der Waals surface area contributed by atoms with Gasteiger partial charge in [0.05, 0.1) is 10.7 Å². The lowest BCUT2D eigenvalue weighted by atomic mass is 10.1. The molecule has 3 rings (SSSR count). The van der Waals surface area contributed by atoms with Gasteiger partial charge in [0.15, 0.2) is 0 Å². The first kappa shape index (κ1) is 11.8. The zero-order chi connectivity index (χ0) is 12.5. The number of aryl methyl sites for hydroxylation is 1. The maximum atomic E-state index is 10.2. The molecule has 2 heterocycles. The molecule has 0 aliphatic heterocycles. The molecule has 0 fully saturated rings. The highest BCUT2D eigenvalue weighted by Gasteiger charge is 2.14. The Morgan fingerprint density at radius 3 is 2.83 bits per heavy atom. The van der Waals surface area contributed by atoms with Crippen LogP contribution in [-0.2, 0) is 6.42 Å². The van der Waals surface area contributed by atoms with Crippen LogP contribution in [0.25, 0.3) is 10.1 Å². The van der Waals surface area contributed by atoms with Gasteiger partial charge in [-0.2, -0.15) is 0 Å². The monoisotopic (exact) mass is 275 g/mol. The molecule has 0 saturated carbocycles. The van der Waals surface area contributed by atoms with E-state index < -0.39 is 6.10 Å². The molecule has 0 bridgehead atoms. The van der Waals surface area contributed by atoms with Crippen LogP contribution in [0.5, 0.6) is 0 Å². The Hall–Kier alpha value is -1.23. The molecule has 1 N–H and O–H groups in total. The standard InChI is InChI=1S/C14H13NOS2/c1-9-15-12(8-17-9)13(16)6-10-7-18-14-5-3-2-4-11(10)14/h2-5,7-8,13,16H,6H2,1H3. The third-order valence-electron chi connectivity index (χ3n) is 2.95. The number of aliphatic hydroxyl groups is 1. The SMILES string of the molecule is Cc1nc(C(O)Cc2csc3ccccc23)cs1. The Morgan fingerprint density at radius 1 is 1.22 bits per heavy atom. The van der Waals surface area contributed by atoms with E-state index >= 15 is 0 Å². The van der Waals surface area contributed by atoms with Crippen molar-refractivity contribution < 1.29 is 5.11 Å². The first-order valence-electron chi connectivity index (χ1n) is 5.79. The molecule has 0 radical (unpaired) electrons. The summed E-state index contributed by atoms with van der Waals surface area (Å²) < 4.78 is 1.27. The molecular formula is C14H13NOS2. The van der Waals surface area contributed by atoms with E-state index in [-0.39, 0.29) is 0 Å². The molecule has 0 spiro atoms. The number of thiazole rings is 1. The number of aliphatic hydroxyl groups excluding tert-OH is 1. The van der Waals surface area contributed by atoms with Crippen molar-refractivity contribution in [3.05, 3.63) is 51.3 Å². The van der Waals surface area contributed by atoms with Crippen LogP contribution in [-0.4, -0.2) is 10.1 Å². The highest BCUT2D eigenvalue weighted by atomic mass is 32.1. The normalized spacial score (nSPS) is 13.0. The van der Waals surface area contributed by atoms with Gasteiger partial charge in [-0.25, -0.2) is 4.98 Å². The van der Waals surface area contributed by atoms with E-state index in [1.165, 1.54) is 15.6 Å². The van der Waals surface area contributed by atoms with Gasteiger partial charge < -0.3 is 5.11 Å². The Labute approximate surface area is 114 Å². The average molecular weight is 275 g/mol. The van der Waals surface area contributed by atoms with Crippen LogP contribution in [0.15, 0.2) is 35.0 Å². The fraction of sp³-hybridized carbons (Fsp3) is 0.214. The summed E-state index contributed by atoms with van der Waals surface area (Å²) in [7, 11) is 0. The number of nitrogens with zero attached hydrogens (tertiary/aromatic N) is 1. The predicted molar refractivity (Wildman–Crippen MR) is 77.3 cm³/mol. The van der Waals surface area contributed by atoms with Gasteiger partial charge >= 0.3 is 0 Å². The molecule has 0 amide bonds. The van der Waals surface area contributed by atoms with Gasteiger partial charge in [-0.05, 0) is 29.3 Å². The van der Waals surface area contributed by atoms with Gasteiger partial charge in [-0.1, -0.05) is 18.2 Å². The summed E-state index contributed by atoms with van der Waals surface area (Å²) in [4.78, 5) is 4.34. The number of rotatable bonds is 3. The summed E-state index contributed by atoms with van der Waals surface area (Å²) in [6.07, 6.45) is 0.126. The first-order chi connectivity index (χ1) is 8.74. The van der Waals surface area contributed by atoms with Crippen LogP contribution < -0.4 is 0 Å². The van der Waals surface area contributed by atoms with Gasteiger partial charge in [0.2, 0.25) is 0 Å². The Bertz CT molecular complexity index is 671. The summed E-state index contributed by atoms with van der Waals surface area (Å²) in [5, 5.41) is 16.5. The van der Waals surface area contributed by atoms with Gasteiger partial charge in [0.1, 0.15) is 6.10 Å². The lowest BCUT2D eigenvalue weighted by Crippen LogP contribution is -2.01. The van der Waals surface area contributed by atoms with Crippen LogP contribution in [0, 0.1) is 6.92 Å². The quantitative estimate of drug-likeness (QED) is 0.785. The smallest absolute Gasteiger partial charge is 0.101 e. The summed E-state index contributed by atoms with van der Waals surface area (Å²) in [5.74, 6) is 0. The molecular weight excluding hydrogens is 262 g/mol. The summed E-state index contributed by atoms with van der Waals surface area (Å²) in [5.41, 5.74) is 1.99. The molecule has 2 nitrogen and oxygen atoms in total. The largest absolute Gasteiger partial charge is 0.386 e. The van der Waals surface area contributed by atoms with Crippen molar-refractivity contribution >= 4 is 32.8 Å². The van der Waals surface area contributed by atoms with Gasteiger partial charge in [0, 0.05) is 16.5 Å². The minimum absolute atomic E-state index is 0.507. The predicted octanol–water partition coefficient (Wildman–Crippen LogP) is 3.94. The van der Waals surface area contributed by atoms with E-state index in [9.17, 15) is 5.11 Å². The highest BCUT2D eigenvalue weighted by Crippen LogP contribution is 2.29. The van der Waals surface area contributed by atoms with Crippen LogP contribution in [0.4, 0.5) is 0 Å². The third kappa shape index (κ3) is 2.19. The molecule has 2 aromatic heterocycles. The summed E-state index contributed by atoms with van der Waals surface area (Å²) in [6.45, 7) is 1.96. The van der Waals surface area contributed by atoms with E-state index in [0.717, 1.165) is 10.7 Å². The number of aromatic nitrogens is 1. The Kier molecular flexibility index (Phi) is 3.16. The molecule has 4 heteroatoms. The van der Waals surface area contributed by atoms with Crippen LogP contribution in [0.1, 0.15) is 22.4 Å². The molecule has 0 aliphatic rings. The van der Waals surface area contributed by atoms with Crippen molar-refractivity contribution in [2.24, 2.45) is 0 Å². The molecule has 1 atom stereocenters. The van der Waals surface area contributed by atoms with Crippen LogP contribution >= 0.6 is 22.7 Å². The molecule has 18 heavy (non-hydrogen) atoms. The number of fused-ring (bicyclic) bond motifs is 1. The molecule has 0 saturated heterocycles. The molecule has 1 aromatic carbocycles. The zero-order valence-corrected chi connectivity index (χ0v) is 11.6. The fourth-order valence-corrected chi connectivity index (χ4v) is 3.67. The number of thiophene rings is 1. The first-order valence-corrected chi connectivity index (χ1v) is 7.55. The van der Waals surface area contributed by atoms with Crippen LogP contribution in [0.3, 0.4) is 0 Å². The van der Waals surface area contributed by atoms with E-state index in [2.05, 4.69) is 22.5 Å². The minimum atomic E-state index is -0.507. The Morgan fingerprint density at radius 2 is 2.06 bits per heavy atom. The third-order valence-corrected chi connectivity index (χ3v) is 4.76. The zero-order valence-electron chi connectivity index (χ0n) is 9.96. The second kappa shape index (κ2) is 4.80. The second-order valence-corrected chi connectivity index (χ2v) is 6.24. The van der Waals surface area contributed by atoms with E-state index in [1.54, 1.807) is 22.7 Å². The second-order valence-electron chi connectivity index (χ2n) is 4.27. The lowest BCUT2D eigenvalue weighted by molar-refractivity contribution is 0.174. The lowest BCUT2D eigenvalue weighted by Gasteiger charge is -2.06. The maximum Gasteiger partial charge on any atom is 0.101 e. The topological polar surface area (TPSA) is 33.1 Å². The molecule has 92 valence electrons. The van der Waals surface area contributed by atoms with Crippen LogP contribution in [0.2, 0.25) is 0 Å². The van der Waals surface area contributed by atoms with Crippen molar-refractivity contribution in [2.75, 3.05) is 0 Å². The fourth-order valence-electron chi connectivity index (χ4n) is 2.04.